The predicted molar refractivity (Wildman–Crippen MR) is 118 cm³/mol. The van der Waals surface area contributed by atoms with Crippen LogP contribution in [0.2, 0.25) is 0 Å². The van der Waals surface area contributed by atoms with Gasteiger partial charge in [-0.15, -0.1) is 0 Å². The number of allylic oxidation sites excluding steroid dienone is 1. The van der Waals surface area contributed by atoms with E-state index >= 15 is 0 Å². The van der Waals surface area contributed by atoms with Gasteiger partial charge in [0.05, 0.1) is 11.9 Å². The summed E-state index contributed by atoms with van der Waals surface area (Å²) in [6.07, 6.45) is 3.65. The molecule has 138 valence electrons. The lowest BCUT2D eigenvalue weighted by Gasteiger charge is -1.98. The predicted octanol–water partition coefficient (Wildman–Crippen LogP) is 5.27. The number of H-pyrrole nitrogens is 2. The zero-order chi connectivity index (χ0) is 19.3. The first-order chi connectivity index (χ1) is 13.7. The summed E-state index contributed by atoms with van der Waals surface area (Å²) in [7, 11) is 0. The highest BCUT2D eigenvalue weighted by atomic mass is 79.9. The van der Waals surface area contributed by atoms with Crippen LogP contribution in [0.15, 0.2) is 76.3 Å². The summed E-state index contributed by atoms with van der Waals surface area (Å²) >= 11 is 8.83. The fourth-order valence-electron chi connectivity index (χ4n) is 2.62. The van der Waals surface area contributed by atoms with Crippen LogP contribution in [0.5, 0.6) is 0 Å². The highest BCUT2D eigenvalue weighted by Crippen LogP contribution is 2.22. The van der Waals surface area contributed by atoms with Crippen molar-refractivity contribution in [2.45, 2.75) is 0 Å². The van der Waals surface area contributed by atoms with E-state index in [1.165, 1.54) is 0 Å². The minimum Gasteiger partial charge on any atom is -0.274 e. The molecule has 0 fully saturated rings. The van der Waals surface area contributed by atoms with Gasteiger partial charge in [-0.05, 0) is 45.9 Å². The lowest BCUT2D eigenvalue weighted by Crippen LogP contribution is -1.94. The number of benzene rings is 2. The third-order valence-corrected chi connectivity index (χ3v) is 4.64. The summed E-state index contributed by atoms with van der Waals surface area (Å²) < 4.78 is 2.75. The largest absolute Gasteiger partial charge is 0.274 e. The molecular formula is C20H15BrN6S. The van der Waals surface area contributed by atoms with Crippen LogP contribution in [-0.4, -0.2) is 31.3 Å². The number of hydrogen-bond donors (Lipinski definition) is 2. The van der Waals surface area contributed by atoms with E-state index in [0.717, 1.165) is 21.3 Å². The Morgan fingerprint density at radius 3 is 2.46 bits per heavy atom. The third-order valence-electron chi connectivity index (χ3n) is 3.94. The molecule has 0 aliphatic heterocycles. The Morgan fingerprint density at radius 2 is 1.71 bits per heavy atom. The van der Waals surface area contributed by atoms with Crippen molar-refractivity contribution in [3.63, 3.8) is 0 Å². The first kappa shape index (κ1) is 18.3. The summed E-state index contributed by atoms with van der Waals surface area (Å²) in [6, 6.07) is 21.8. The summed E-state index contributed by atoms with van der Waals surface area (Å²) in [6.45, 7) is 0. The molecule has 0 aliphatic carbocycles. The molecule has 28 heavy (non-hydrogen) atoms. The highest BCUT2D eigenvalue weighted by Gasteiger charge is 2.12. The van der Waals surface area contributed by atoms with E-state index in [9.17, 15) is 0 Å². The highest BCUT2D eigenvalue weighted by molar-refractivity contribution is 9.12. The minimum absolute atomic E-state index is 0.391. The Balaban J connectivity index is 1.63. The SMILES string of the molecule is S=c1[nH]nc(-c2cc(-c3ccccc3)n[nH]2)n1N=C/C(Br)=C/c1ccccc1. The molecule has 2 aromatic carbocycles. The molecule has 2 aromatic heterocycles. The van der Waals surface area contributed by atoms with Crippen molar-refractivity contribution in [2.24, 2.45) is 5.10 Å². The molecule has 0 unspecified atom stereocenters. The Labute approximate surface area is 174 Å². The number of nitrogens with zero attached hydrogens (tertiary/aromatic N) is 4. The van der Waals surface area contributed by atoms with Crippen LogP contribution in [0.4, 0.5) is 0 Å². The third kappa shape index (κ3) is 4.08. The van der Waals surface area contributed by atoms with Crippen molar-refractivity contribution >= 4 is 40.4 Å². The molecule has 0 spiro atoms. The maximum Gasteiger partial charge on any atom is 0.216 e. The second-order valence-corrected chi connectivity index (χ2v) is 7.18. The first-order valence-corrected chi connectivity index (χ1v) is 9.66. The van der Waals surface area contributed by atoms with Gasteiger partial charge >= 0.3 is 0 Å². The second-order valence-electron chi connectivity index (χ2n) is 5.88. The topological polar surface area (TPSA) is 74.7 Å². The van der Waals surface area contributed by atoms with E-state index in [-0.39, 0.29) is 0 Å². The first-order valence-electron chi connectivity index (χ1n) is 8.46. The van der Waals surface area contributed by atoms with Crippen molar-refractivity contribution in [2.75, 3.05) is 0 Å². The van der Waals surface area contributed by atoms with Gasteiger partial charge in [-0.3, -0.25) is 5.10 Å². The standard InChI is InChI=1S/C20H15BrN6S/c21-16(11-14-7-3-1-4-8-14)13-22-27-19(25-26-20(27)28)18-12-17(23-24-18)15-9-5-2-6-10-15/h1-13H,(H,23,24)(H,26,28)/b16-11-,22-13?. The molecule has 6 nitrogen and oxygen atoms in total. The summed E-state index contributed by atoms with van der Waals surface area (Å²) in [4.78, 5) is 0. The molecule has 2 heterocycles. The van der Waals surface area contributed by atoms with Gasteiger partial charge in [0, 0.05) is 10.0 Å². The molecule has 0 radical (unpaired) electrons. The fourth-order valence-corrected chi connectivity index (χ4v) is 3.16. The zero-order valence-electron chi connectivity index (χ0n) is 14.6. The van der Waals surface area contributed by atoms with Crippen LogP contribution in [0, 0.1) is 4.77 Å². The van der Waals surface area contributed by atoms with E-state index in [0.29, 0.717) is 16.3 Å². The normalized spacial score (nSPS) is 12.0. The van der Waals surface area contributed by atoms with E-state index < -0.39 is 0 Å². The summed E-state index contributed by atoms with van der Waals surface area (Å²) in [5, 5.41) is 18.9. The van der Waals surface area contributed by atoms with Crippen molar-refractivity contribution < 1.29 is 0 Å². The Kier molecular flexibility index (Phi) is 5.41. The second kappa shape index (κ2) is 8.28. The molecule has 0 amide bonds. The number of hydrogen-bond acceptors (Lipinski definition) is 4. The molecule has 0 atom stereocenters. The molecule has 0 bridgehead atoms. The van der Waals surface area contributed by atoms with Gasteiger partial charge < -0.3 is 0 Å². The number of rotatable bonds is 5. The monoisotopic (exact) mass is 450 g/mol. The van der Waals surface area contributed by atoms with Crippen LogP contribution in [0.1, 0.15) is 5.56 Å². The minimum atomic E-state index is 0.391. The zero-order valence-corrected chi connectivity index (χ0v) is 17.0. The van der Waals surface area contributed by atoms with Crippen LogP contribution in [-0.2, 0) is 0 Å². The quantitative estimate of drug-likeness (QED) is 0.321. The lowest BCUT2D eigenvalue weighted by molar-refractivity contribution is 0.866. The Bertz CT molecular complexity index is 1190. The van der Waals surface area contributed by atoms with E-state index in [1.807, 2.05) is 72.8 Å². The van der Waals surface area contributed by atoms with E-state index in [2.05, 4.69) is 41.4 Å². The number of nitrogens with one attached hydrogen (secondary N) is 2. The van der Waals surface area contributed by atoms with Gasteiger partial charge in [0.1, 0.15) is 5.69 Å². The van der Waals surface area contributed by atoms with Gasteiger partial charge in [-0.1, -0.05) is 60.7 Å². The fraction of sp³-hybridized carbons (Fsp3) is 0. The van der Waals surface area contributed by atoms with Gasteiger partial charge in [-0.2, -0.15) is 20.0 Å². The maximum absolute atomic E-state index is 5.32. The van der Waals surface area contributed by atoms with Crippen LogP contribution in [0.3, 0.4) is 0 Å². The number of aromatic nitrogens is 5. The lowest BCUT2D eigenvalue weighted by atomic mass is 10.1. The van der Waals surface area contributed by atoms with Crippen molar-refractivity contribution in [3.05, 3.63) is 81.5 Å². The average molecular weight is 451 g/mol. The van der Waals surface area contributed by atoms with Crippen molar-refractivity contribution in [1.82, 2.24) is 25.1 Å². The van der Waals surface area contributed by atoms with Crippen LogP contribution >= 0.6 is 28.1 Å². The van der Waals surface area contributed by atoms with Gasteiger partial charge in [-0.25, -0.2) is 5.10 Å². The van der Waals surface area contributed by atoms with Gasteiger partial charge in [0.25, 0.3) is 0 Å². The molecule has 0 aliphatic rings. The van der Waals surface area contributed by atoms with Crippen molar-refractivity contribution in [1.29, 1.82) is 0 Å². The molecule has 4 aromatic rings. The van der Waals surface area contributed by atoms with Crippen molar-refractivity contribution in [3.8, 4) is 22.8 Å². The van der Waals surface area contributed by atoms with Gasteiger partial charge in [0.15, 0.2) is 0 Å². The number of aromatic amines is 2. The summed E-state index contributed by atoms with van der Waals surface area (Å²) in [5.41, 5.74) is 3.62. The smallest absolute Gasteiger partial charge is 0.216 e. The summed E-state index contributed by atoms with van der Waals surface area (Å²) in [5.74, 6) is 0.552. The van der Waals surface area contributed by atoms with Gasteiger partial charge in [0.2, 0.25) is 10.6 Å². The molecule has 2 N–H and O–H groups in total. The molecule has 0 saturated heterocycles. The molecular weight excluding hydrogens is 436 g/mol. The van der Waals surface area contributed by atoms with Crippen LogP contribution < -0.4 is 0 Å². The maximum atomic E-state index is 5.32. The molecule has 8 heteroatoms. The molecule has 0 saturated carbocycles. The van der Waals surface area contributed by atoms with E-state index in [4.69, 9.17) is 12.2 Å². The average Bonchev–Trinajstić information content (AvgIpc) is 3.35. The molecule has 4 rings (SSSR count). The number of halogens is 1. The van der Waals surface area contributed by atoms with E-state index in [1.54, 1.807) is 10.9 Å². The van der Waals surface area contributed by atoms with Crippen LogP contribution in [0.25, 0.3) is 28.9 Å². The Morgan fingerprint density at radius 1 is 1.00 bits per heavy atom. The Hall–Kier alpha value is -3.10.